The summed E-state index contributed by atoms with van der Waals surface area (Å²) in [5.74, 6) is 0. The van der Waals surface area contributed by atoms with E-state index in [9.17, 15) is 0 Å². The van der Waals surface area contributed by atoms with Crippen LogP contribution >= 0.6 is 0 Å². The number of fused-ring (bicyclic) bond motifs is 6. The Balaban J connectivity index is 2.05. The van der Waals surface area contributed by atoms with Crippen molar-refractivity contribution in [2.24, 2.45) is 0 Å². The summed E-state index contributed by atoms with van der Waals surface area (Å²) in [6.07, 6.45) is 0. The molecule has 5 rings (SSSR count). The summed E-state index contributed by atoms with van der Waals surface area (Å²) in [5.41, 5.74) is 2.11. The van der Waals surface area contributed by atoms with E-state index in [0.29, 0.717) is 0 Å². The van der Waals surface area contributed by atoms with Crippen molar-refractivity contribution in [3.05, 3.63) is 78.9 Å². The van der Waals surface area contributed by atoms with Gasteiger partial charge in [0.15, 0.2) is 0 Å². The molecule has 1 heteroatoms. The van der Waals surface area contributed by atoms with Gasteiger partial charge in [-0.25, -0.2) is 4.98 Å². The zero-order valence-electron chi connectivity index (χ0n) is 12.0. The largest absolute Gasteiger partial charge is 0.248 e. The smallest absolute Gasteiger partial charge is 0.0716 e. The second-order valence-electron chi connectivity index (χ2n) is 5.70. The quantitative estimate of drug-likeness (QED) is 0.262. The zero-order chi connectivity index (χ0) is 14.5. The highest BCUT2D eigenvalue weighted by atomic mass is 14.7. The molecular formula is C21H13N. The highest BCUT2D eigenvalue weighted by molar-refractivity contribution is 6.14. The highest BCUT2D eigenvalue weighted by Crippen LogP contribution is 2.30. The highest BCUT2D eigenvalue weighted by Gasteiger charge is 2.06. The fourth-order valence-corrected chi connectivity index (χ4v) is 3.34. The molecule has 1 nitrogen and oxygen atoms in total. The SMILES string of the molecule is c1ccc2c(c1)ccc1nc3ccc4ccccc4c3cc12. The van der Waals surface area contributed by atoms with Gasteiger partial charge in [0.1, 0.15) is 0 Å². The number of aromatic nitrogens is 1. The van der Waals surface area contributed by atoms with Gasteiger partial charge in [0.05, 0.1) is 11.0 Å². The van der Waals surface area contributed by atoms with E-state index >= 15 is 0 Å². The third kappa shape index (κ3) is 1.57. The van der Waals surface area contributed by atoms with E-state index in [0.717, 1.165) is 11.0 Å². The van der Waals surface area contributed by atoms with E-state index < -0.39 is 0 Å². The van der Waals surface area contributed by atoms with Gasteiger partial charge in [-0.2, -0.15) is 0 Å². The van der Waals surface area contributed by atoms with Crippen molar-refractivity contribution in [1.29, 1.82) is 0 Å². The van der Waals surface area contributed by atoms with Crippen LogP contribution in [0.2, 0.25) is 0 Å². The van der Waals surface area contributed by atoms with Crippen LogP contribution in [-0.4, -0.2) is 4.98 Å². The molecule has 4 aromatic carbocycles. The summed E-state index contributed by atoms with van der Waals surface area (Å²) in [6.45, 7) is 0. The van der Waals surface area contributed by atoms with Gasteiger partial charge in [-0.05, 0) is 39.7 Å². The van der Waals surface area contributed by atoms with Crippen molar-refractivity contribution < 1.29 is 0 Å². The average molecular weight is 279 g/mol. The Labute approximate surface area is 127 Å². The molecule has 0 N–H and O–H groups in total. The molecule has 0 saturated heterocycles. The van der Waals surface area contributed by atoms with Gasteiger partial charge < -0.3 is 0 Å². The maximum atomic E-state index is 4.88. The summed E-state index contributed by atoms with van der Waals surface area (Å²) in [5, 5.41) is 7.50. The number of hydrogen-bond acceptors (Lipinski definition) is 1. The van der Waals surface area contributed by atoms with E-state index in [1.165, 1.54) is 32.3 Å². The van der Waals surface area contributed by atoms with Crippen molar-refractivity contribution in [3.63, 3.8) is 0 Å². The lowest BCUT2D eigenvalue weighted by molar-refractivity contribution is 1.51. The molecule has 0 fully saturated rings. The lowest BCUT2D eigenvalue weighted by atomic mass is 10.0. The van der Waals surface area contributed by atoms with Gasteiger partial charge in [-0.15, -0.1) is 0 Å². The normalized spacial score (nSPS) is 11.6. The molecule has 1 heterocycles. The van der Waals surface area contributed by atoms with E-state index in [1.54, 1.807) is 0 Å². The van der Waals surface area contributed by atoms with Gasteiger partial charge >= 0.3 is 0 Å². The Bertz CT molecular complexity index is 1080. The molecule has 0 saturated carbocycles. The second-order valence-corrected chi connectivity index (χ2v) is 5.70. The molecule has 0 spiro atoms. The van der Waals surface area contributed by atoms with Gasteiger partial charge in [-0.3, -0.25) is 0 Å². The molecule has 0 amide bonds. The van der Waals surface area contributed by atoms with Gasteiger partial charge in [-0.1, -0.05) is 60.7 Å². The Kier molecular flexibility index (Phi) is 2.28. The first-order chi connectivity index (χ1) is 10.9. The van der Waals surface area contributed by atoms with Gasteiger partial charge in [0, 0.05) is 10.8 Å². The lowest BCUT2D eigenvalue weighted by Crippen LogP contribution is -1.85. The van der Waals surface area contributed by atoms with Crippen LogP contribution in [0.25, 0.3) is 43.4 Å². The summed E-state index contributed by atoms with van der Waals surface area (Å²) in [6, 6.07) is 27.8. The Morgan fingerprint density at radius 1 is 0.455 bits per heavy atom. The van der Waals surface area contributed by atoms with Crippen LogP contribution < -0.4 is 0 Å². The molecule has 0 aliphatic rings. The molecule has 0 aliphatic carbocycles. The molecule has 0 bridgehead atoms. The molecule has 22 heavy (non-hydrogen) atoms. The molecule has 0 atom stereocenters. The number of hydrogen-bond donors (Lipinski definition) is 0. The molecule has 1 aromatic heterocycles. The molecular weight excluding hydrogens is 266 g/mol. The number of pyridine rings is 1. The maximum Gasteiger partial charge on any atom is 0.0716 e. The average Bonchev–Trinajstić information content (AvgIpc) is 2.60. The maximum absolute atomic E-state index is 4.88. The predicted octanol–water partition coefficient (Wildman–Crippen LogP) is 5.69. The van der Waals surface area contributed by atoms with Crippen molar-refractivity contribution in [2.45, 2.75) is 0 Å². The first-order valence-corrected chi connectivity index (χ1v) is 7.50. The molecule has 0 unspecified atom stereocenters. The molecule has 5 aromatic rings. The minimum atomic E-state index is 1.06. The minimum Gasteiger partial charge on any atom is -0.248 e. The summed E-state index contributed by atoms with van der Waals surface area (Å²) in [7, 11) is 0. The molecule has 0 radical (unpaired) electrons. The van der Waals surface area contributed by atoms with Crippen LogP contribution in [0.5, 0.6) is 0 Å². The summed E-state index contributed by atoms with van der Waals surface area (Å²) >= 11 is 0. The molecule has 102 valence electrons. The first kappa shape index (κ1) is 11.7. The van der Waals surface area contributed by atoms with Gasteiger partial charge in [0.2, 0.25) is 0 Å². The van der Waals surface area contributed by atoms with Crippen LogP contribution in [0.3, 0.4) is 0 Å². The summed E-state index contributed by atoms with van der Waals surface area (Å²) < 4.78 is 0. The standard InChI is InChI=1S/C21H13N/c1-3-7-16-14(5-1)9-11-20-18(16)13-19-17-8-4-2-6-15(17)10-12-21(19)22-20/h1-13H. The topological polar surface area (TPSA) is 12.9 Å². The van der Waals surface area contributed by atoms with Crippen LogP contribution in [0, 0.1) is 0 Å². The number of rotatable bonds is 0. The zero-order valence-corrected chi connectivity index (χ0v) is 12.0. The van der Waals surface area contributed by atoms with Crippen LogP contribution in [0.1, 0.15) is 0 Å². The van der Waals surface area contributed by atoms with Crippen molar-refractivity contribution >= 4 is 43.4 Å². The fraction of sp³-hybridized carbons (Fsp3) is 0. The lowest BCUT2D eigenvalue weighted by Gasteiger charge is -2.08. The van der Waals surface area contributed by atoms with Crippen LogP contribution in [-0.2, 0) is 0 Å². The third-order valence-corrected chi connectivity index (χ3v) is 4.42. The monoisotopic (exact) mass is 279 g/mol. The third-order valence-electron chi connectivity index (χ3n) is 4.42. The second kappa shape index (κ2) is 4.28. The van der Waals surface area contributed by atoms with Crippen LogP contribution in [0.15, 0.2) is 78.9 Å². The van der Waals surface area contributed by atoms with E-state index in [2.05, 4.69) is 78.9 Å². The Morgan fingerprint density at radius 2 is 0.955 bits per heavy atom. The van der Waals surface area contributed by atoms with E-state index in [4.69, 9.17) is 4.98 Å². The van der Waals surface area contributed by atoms with Gasteiger partial charge in [0.25, 0.3) is 0 Å². The first-order valence-electron chi connectivity index (χ1n) is 7.50. The number of nitrogens with zero attached hydrogens (tertiary/aromatic N) is 1. The van der Waals surface area contributed by atoms with E-state index in [1.807, 2.05) is 0 Å². The van der Waals surface area contributed by atoms with E-state index in [-0.39, 0.29) is 0 Å². The van der Waals surface area contributed by atoms with Crippen molar-refractivity contribution in [3.8, 4) is 0 Å². The Hall–Kier alpha value is -2.93. The number of benzene rings is 4. The summed E-state index contributed by atoms with van der Waals surface area (Å²) in [4.78, 5) is 4.88. The fourth-order valence-electron chi connectivity index (χ4n) is 3.34. The van der Waals surface area contributed by atoms with Crippen LogP contribution in [0.4, 0.5) is 0 Å². The Morgan fingerprint density at radius 3 is 1.50 bits per heavy atom. The van der Waals surface area contributed by atoms with Crippen molar-refractivity contribution in [2.75, 3.05) is 0 Å². The predicted molar refractivity (Wildman–Crippen MR) is 94.3 cm³/mol. The van der Waals surface area contributed by atoms with Crippen molar-refractivity contribution in [1.82, 2.24) is 4.98 Å². The minimum absolute atomic E-state index is 1.06. The molecule has 0 aliphatic heterocycles.